The van der Waals surface area contributed by atoms with Gasteiger partial charge >= 0.3 is 0 Å². The van der Waals surface area contributed by atoms with Crippen molar-refractivity contribution in [2.45, 2.75) is 25.4 Å². The molecule has 0 aromatic heterocycles. The van der Waals surface area contributed by atoms with Crippen LogP contribution in [0.5, 0.6) is 0 Å². The van der Waals surface area contributed by atoms with Crippen molar-refractivity contribution < 1.29 is 35.4 Å². The number of rotatable bonds is 6. The van der Waals surface area contributed by atoms with E-state index >= 15 is 0 Å². The van der Waals surface area contributed by atoms with Crippen LogP contribution in [0.4, 0.5) is 0 Å². The van der Waals surface area contributed by atoms with Crippen LogP contribution >= 0.6 is 0 Å². The Morgan fingerprint density at radius 3 is 1.44 bits per heavy atom. The van der Waals surface area contributed by atoms with E-state index in [1.807, 2.05) is 0 Å². The van der Waals surface area contributed by atoms with Crippen LogP contribution in [-0.4, -0.2) is 58.1 Å². The minimum atomic E-state index is -4.03. The van der Waals surface area contributed by atoms with Crippen molar-refractivity contribution in [3.05, 3.63) is 0 Å². The molecule has 0 radical (unpaired) electrons. The Bertz CT molecular complexity index is 374. The zero-order valence-electron chi connectivity index (χ0n) is 8.89. The van der Waals surface area contributed by atoms with Gasteiger partial charge in [-0.3, -0.25) is 0 Å². The van der Waals surface area contributed by atoms with E-state index in [4.69, 9.17) is 5.11 Å². The van der Waals surface area contributed by atoms with Gasteiger partial charge in [0.05, 0.1) is 18.6 Å². The van der Waals surface area contributed by atoms with E-state index in [0.29, 0.717) is 12.5 Å². The Morgan fingerprint density at radius 2 is 1.25 bits per heavy atom. The normalized spacial score (nSPS) is 17.4. The molecule has 0 rings (SSSR count). The van der Waals surface area contributed by atoms with Gasteiger partial charge in [0, 0.05) is 0 Å². The van der Waals surface area contributed by atoms with Crippen LogP contribution in [0.1, 0.15) is 6.92 Å². The Balaban J connectivity index is 4.92. The van der Waals surface area contributed by atoms with Gasteiger partial charge in [-0.2, -0.15) is 16.8 Å². The summed E-state index contributed by atoms with van der Waals surface area (Å²) >= 11 is 0. The zero-order chi connectivity index (χ0) is 13.1. The first kappa shape index (κ1) is 15.7. The summed E-state index contributed by atoms with van der Waals surface area (Å²) in [5, 5.41) is 18.3. The van der Waals surface area contributed by atoms with Crippen LogP contribution in [0.2, 0.25) is 0 Å². The van der Waals surface area contributed by atoms with Gasteiger partial charge < -0.3 is 10.2 Å². The summed E-state index contributed by atoms with van der Waals surface area (Å²) in [5.41, 5.74) is 0. The Labute approximate surface area is 94.0 Å². The smallest absolute Gasteiger partial charge is 0.267 e. The monoisotopic (exact) mass is 278 g/mol. The quantitative estimate of drug-likeness (QED) is 0.422. The molecular weight excluding hydrogens is 264 g/mol. The molecule has 10 heteroatoms. The maximum atomic E-state index is 10.8. The van der Waals surface area contributed by atoms with E-state index in [9.17, 15) is 21.9 Å². The molecule has 16 heavy (non-hydrogen) atoms. The molecule has 2 unspecified atom stereocenters. The third kappa shape index (κ3) is 7.09. The molecule has 0 aliphatic heterocycles. The molecule has 98 valence electrons. The molecule has 0 heterocycles. The van der Waals surface area contributed by atoms with Crippen LogP contribution in [0.25, 0.3) is 0 Å². The lowest BCUT2D eigenvalue weighted by Gasteiger charge is -2.22. The van der Waals surface area contributed by atoms with Crippen LogP contribution in [0.3, 0.4) is 0 Å². The third-order valence-corrected chi connectivity index (χ3v) is 2.39. The fraction of sp³-hybridized carbons (Fsp3) is 1.00. The van der Waals surface area contributed by atoms with E-state index in [1.165, 1.54) is 0 Å². The molecule has 0 aromatic carbocycles. The van der Waals surface area contributed by atoms with Crippen molar-refractivity contribution in [3.63, 3.8) is 0 Å². The van der Waals surface area contributed by atoms with E-state index < -0.39 is 38.7 Å². The van der Waals surface area contributed by atoms with E-state index in [0.717, 1.165) is 6.92 Å². The summed E-state index contributed by atoms with van der Waals surface area (Å²) in [5.74, 6) is 0. The molecule has 0 spiro atoms. The highest BCUT2D eigenvalue weighted by Gasteiger charge is 2.31. The van der Waals surface area contributed by atoms with Gasteiger partial charge in [-0.25, -0.2) is 8.37 Å². The summed E-state index contributed by atoms with van der Waals surface area (Å²) in [6.45, 7) is 1.12. The van der Waals surface area contributed by atoms with E-state index in [-0.39, 0.29) is 0 Å². The summed E-state index contributed by atoms with van der Waals surface area (Å²) in [7, 11) is -8.07. The number of aliphatic hydroxyl groups excluding tert-OH is 2. The lowest BCUT2D eigenvalue weighted by atomic mass is 10.2. The van der Waals surface area contributed by atoms with Gasteiger partial charge in [-0.1, -0.05) is 0 Å². The predicted octanol–water partition coefficient (Wildman–Crippen LogP) is -1.99. The third-order valence-electron chi connectivity index (χ3n) is 1.31. The second-order valence-corrected chi connectivity index (χ2v) is 6.40. The Morgan fingerprint density at radius 1 is 0.938 bits per heavy atom. The number of hydrogen-bond acceptors (Lipinski definition) is 8. The van der Waals surface area contributed by atoms with Crippen molar-refractivity contribution >= 4 is 20.2 Å². The van der Waals surface area contributed by atoms with Crippen LogP contribution in [-0.2, 0) is 28.6 Å². The van der Waals surface area contributed by atoms with Crippen LogP contribution in [0, 0.1) is 0 Å². The molecule has 0 aliphatic rings. The maximum Gasteiger partial charge on any atom is 0.267 e. The number of hydrogen-bond donors (Lipinski definition) is 2. The SMILES string of the molecule is CC(O)C(O)C(OS(C)(=O)=O)OS(C)(=O)=O. The van der Waals surface area contributed by atoms with E-state index in [1.54, 1.807) is 0 Å². The molecule has 0 bridgehead atoms. The number of aliphatic hydroxyl groups is 2. The fourth-order valence-corrected chi connectivity index (χ4v) is 1.75. The molecule has 0 aliphatic carbocycles. The van der Waals surface area contributed by atoms with Gasteiger partial charge in [-0.05, 0) is 6.92 Å². The lowest BCUT2D eigenvalue weighted by molar-refractivity contribution is -0.118. The minimum Gasteiger partial charge on any atom is -0.391 e. The van der Waals surface area contributed by atoms with Crippen LogP contribution in [0.15, 0.2) is 0 Å². The highest BCUT2D eigenvalue weighted by atomic mass is 32.2. The molecule has 0 aromatic rings. The molecular formula is C6H14O8S2. The zero-order valence-corrected chi connectivity index (χ0v) is 10.5. The second kappa shape index (κ2) is 5.38. The molecule has 8 nitrogen and oxygen atoms in total. The second-order valence-electron chi connectivity index (χ2n) is 3.20. The van der Waals surface area contributed by atoms with Crippen LogP contribution < -0.4 is 0 Å². The van der Waals surface area contributed by atoms with E-state index in [2.05, 4.69) is 8.37 Å². The Hall–Kier alpha value is -0.260. The van der Waals surface area contributed by atoms with Gasteiger partial charge in [-0.15, -0.1) is 0 Å². The first-order chi connectivity index (χ1) is 6.92. The van der Waals surface area contributed by atoms with Gasteiger partial charge in [0.25, 0.3) is 20.2 Å². The summed E-state index contributed by atoms with van der Waals surface area (Å²) in [6.07, 6.45) is -3.94. The highest BCUT2D eigenvalue weighted by Crippen LogP contribution is 2.11. The largest absolute Gasteiger partial charge is 0.391 e. The first-order valence-corrected chi connectivity index (χ1v) is 7.68. The highest BCUT2D eigenvalue weighted by molar-refractivity contribution is 7.86. The maximum absolute atomic E-state index is 10.8. The minimum absolute atomic E-state index is 0.653. The predicted molar refractivity (Wildman–Crippen MR) is 53.3 cm³/mol. The molecule has 2 atom stereocenters. The topological polar surface area (TPSA) is 127 Å². The van der Waals surface area contributed by atoms with Crippen molar-refractivity contribution in [2.75, 3.05) is 12.5 Å². The summed E-state index contributed by atoms with van der Waals surface area (Å²) in [6, 6.07) is 0. The average molecular weight is 278 g/mol. The molecule has 0 saturated heterocycles. The molecule has 0 saturated carbocycles. The molecule has 0 amide bonds. The van der Waals surface area contributed by atoms with Crippen molar-refractivity contribution in [2.24, 2.45) is 0 Å². The van der Waals surface area contributed by atoms with Crippen molar-refractivity contribution in [1.29, 1.82) is 0 Å². The van der Waals surface area contributed by atoms with Crippen molar-refractivity contribution in [3.8, 4) is 0 Å². The molecule has 2 N–H and O–H groups in total. The van der Waals surface area contributed by atoms with Crippen molar-refractivity contribution in [1.82, 2.24) is 0 Å². The van der Waals surface area contributed by atoms with Gasteiger partial charge in [0.1, 0.15) is 6.10 Å². The Kier molecular flexibility index (Phi) is 5.29. The summed E-state index contributed by atoms with van der Waals surface area (Å²) < 4.78 is 51.5. The molecule has 0 fully saturated rings. The lowest BCUT2D eigenvalue weighted by Crippen LogP contribution is -2.41. The van der Waals surface area contributed by atoms with Gasteiger partial charge in [0.2, 0.25) is 6.29 Å². The summed E-state index contributed by atoms with van der Waals surface area (Å²) in [4.78, 5) is 0. The fourth-order valence-electron chi connectivity index (χ4n) is 0.702. The standard InChI is InChI=1S/C6H14O8S2/c1-4(7)5(8)6(13-15(2,9)10)14-16(3,11)12/h4-8H,1-3H3. The van der Waals surface area contributed by atoms with Gasteiger partial charge in [0.15, 0.2) is 0 Å². The first-order valence-electron chi connectivity index (χ1n) is 4.05. The average Bonchev–Trinajstić information content (AvgIpc) is 1.95.